The summed E-state index contributed by atoms with van der Waals surface area (Å²) in [5, 5.41) is 0. The number of ether oxygens (including phenoxy) is 1. The van der Waals surface area contributed by atoms with Gasteiger partial charge in [0.15, 0.2) is 0 Å². The lowest BCUT2D eigenvalue weighted by Gasteiger charge is -2.14. The van der Waals surface area contributed by atoms with E-state index < -0.39 is 0 Å². The Bertz CT molecular complexity index is 589. The van der Waals surface area contributed by atoms with Crippen molar-refractivity contribution >= 4 is 0 Å². The summed E-state index contributed by atoms with van der Waals surface area (Å²) in [7, 11) is 1.69. The van der Waals surface area contributed by atoms with E-state index in [9.17, 15) is 0 Å². The molecule has 0 amide bonds. The first-order chi connectivity index (χ1) is 10.0. The SMILES string of the molecule is COc1ccc(C)cc1-c1cnc(C(CN)CC(C)C)[nH]1. The van der Waals surface area contributed by atoms with Crippen LogP contribution in [-0.2, 0) is 0 Å². The number of aryl methyl sites for hydroxylation is 1. The van der Waals surface area contributed by atoms with Gasteiger partial charge in [-0.05, 0) is 31.4 Å². The van der Waals surface area contributed by atoms with Gasteiger partial charge >= 0.3 is 0 Å². The zero-order valence-electron chi connectivity index (χ0n) is 13.3. The smallest absolute Gasteiger partial charge is 0.128 e. The third-order valence-electron chi connectivity index (χ3n) is 3.67. The van der Waals surface area contributed by atoms with Gasteiger partial charge in [-0.15, -0.1) is 0 Å². The molecule has 0 spiro atoms. The summed E-state index contributed by atoms with van der Waals surface area (Å²) >= 11 is 0. The van der Waals surface area contributed by atoms with Crippen LogP contribution in [-0.4, -0.2) is 23.6 Å². The van der Waals surface area contributed by atoms with E-state index in [2.05, 4.69) is 36.8 Å². The Labute approximate surface area is 126 Å². The number of nitrogens with one attached hydrogen (secondary N) is 1. The van der Waals surface area contributed by atoms with Crippen LogP contribution in [0, 0.1) is 12.8 Å². The maximum atomic E-state index is 5.90. The molecule has 0 aliphatic heterocycles. The lowest BCUT2D eigenvalue weighted by Crippen LogP contribution is -2.16. The van der Waals surface area contributed by atoms with Crippen LogP contribution in [0.2, 0.25) is 0 Å². The molecule has 1 atom stereocenters. The number of rotatable bonds is 6. The number of aromatic nitrogens is 2. The predicted molar refractivity (Wildman–Crippen MR) is 86.6 cm³/mol. The second-order valence-electron chi connectivity index (χ2n) is 5.95. The molecule has 1 aromatic carbocycles. The van der Waals surface area contributed by atoms with Crippen LogP contribution in [0.3, 0.4) is 0 Å². The Morgan fingerprint density at radius 2 is 2.10 bits per heavy atom. The number of hydrogen-bond donors (Lipinski definition) is 2. The maximum Gasteiger partial charge on any atom is 0.128 e. The topological polar surface area (TPSA) is 63.9 Å². The summed E-state index contributed by atoms with van der Waals surface area (Å²) in [6, 6.07) is 6.14. The molecule has 3 N–H and O–H groups in total. The minimum Gasteiger partial charge on any atom is -0.496 e. The van der Waals surface area contributed by atoms with Crippen molar-refractivity contribution in [1.29, 1.82) is 0 Å². The van der Waals surface area contributed by atoms with Crippen molar-refractivity contribution < 1.29 is 4.74 Å². The first-order valence-electron chi connectivity index (χ1n) is 7.45. The third-order valence-corrected chi connectivity index (χ3v) is 3.67. The second kappa shape index (κ2) is 6.76. The van der Waals surface area contributed by atoms with Crippen LogP contribution in [0.15, 0.2) is 24.4 Å². The van der Waals surface area contributed by atoms with Gasteiger partial charge in [0.25, 0.3) is 0 Å². The van der Waals surface area contributed by atoms with Gasteiger partial charge in [0.05, 0.1) is 19.0 Å². The molecule has 0 bridgehead atoms. The molecular formula is C17H25N3O. The highest BCUT2D eigenvalue weighted by molar-refractivity contribution is 5.67. The van der Waals surface area contributed by atoms with E-state index in [0.29, 0.717) is 12.5 Å². The highest BCUT2D eigenvalue weighted by atomic mass is 16.5. The highest BCUT2D eigenvalue weighted by Gasteiger charge is 2.17. The monoisotopic (exact) mass is 287 g/mol. The molecule has 0 saturated carbocycles. The summed E-state index contributed by atoms with van der Waals surface area (Å²) in [5.74, 6) is 2.68. The average molecular weight is 287 g/mol. The molecule has 2 rings (SSSR count). The van der Waals surface area contributed by atoms with E-state index in [0.717, 1.165) is 29.3 Å². The Kier molecular flexibility index (Phi) is 5.02. The third kappa shape index (κ3) is 3.64. The van der Waals surface area contributed by atoms with Crippen molar-refractivity contribution in [3.8, 4) is 17.0 Å². The van der Waals surface area contributed by atoms with Gasteiger partial charge in [0, 0.05) is 18.0 Å². The quantitative estimate of drug-likeness (QED) is 0.855. The molecule has 1 unspecified atom stereocenters. The van der Waals surface area contributed by atoms with Gasteiger partial charge in [-0.2, -0.15) is 0 Å². The summed E-state index contributed by atoms with van der Waals surface area (Å²) < 4.78 is 5.44. The molecule has 1 heterocycles. The number of H-pyrrole nitrogens is 1. The van der Waals surface area contributed by atoms with Gasteiger partial charge in [-0.25, -0.2) is 4.98 Å². The van der Waals surface area contributed by atoms with Crippen molar-refractivity contribution in [3.05, 3.63) is 35.8 Å². The molecule has 0 fully saturated rings. The van der Waals surface area contributed by atoms with Crippen molar-refractivity contribution in [2.45, 2.75) is 33.1 Å². The average Bonchev–Trinajstić information content (AvgIpc) is 2.94. The summed E-state index contributed by atoms with van der Waals surface area (Å²) in [5.41, 5.74) is 9.11. The van der Waals surface area contributed by atoms with Crippen molar-refractivity contribution in [2.24, 2.45) is 11.7 Å². The Hall–Kier alpha value is -1.81. The summed E-state index contributed by atoms with van der Waals surface area (Å²) in [6.45, 7) is 7.09. The molecule has 4 heteroatoms. The highest BCUT2D eigenvalue weighted by Crippen LogP contribution is 2.31. The Morgan fingerprint density at radius 3 is 2.71 bits per heavy atom. The molecule has 1 aromatic heterocycles. The molecule has 4 nitrogen and oxygen atoms in total. The van der Waals surface area contributed by atoms with Crippen LogP contribution in [0.25, 0.3) is 11.3 Å². The number of nitrogens with zero attached hydrogens (tertiary/aromatic N) is 1. The molecule has 21 heavy (non-hydrogen) atoms. The lowest BCUT2D eigenvalue weighted by atomic mass is 9.97. The molecular weight excluding hydrogens is 262 g/mol. The molecule has 2 aromatic rings. The lowest BCUT2D eigenvalue weighted by molar-refractivity contribution is 0.416. The molecule has 0 saturated heterocycles. The number of nitrogens with two attached hydrogens (primary N) is 1. The minimum absolute atomic E-state index is 0.273. The van der Waals surface area contributed by atoms with Crippen LogP contribution >= 0.6 is 0 Å². The zero-order chi connectivity index (χ0) is 15.4. The molecule has 0 aliphatic rings. The minimum atomic E-state index is 0.273. The van der Waals surface area contributed by atoms with Crippen molar-refractivity contribution in [2.75, 3.05) is 13.7 Å². The maximum absolute atomic E-state index is 5.90. The summed E-state index contributed by atoms with van der Waals surface area (Å²) in [6.07, 6.45) is 2.91. The zero-order valence-corrected chi connectivity index (χ0v) is 13.3. The van der Waals surface area contributed by atoms with Crippen LogP contribution < -0.4 is 10.5 Å². The van der Waals surface area contributed by atoms with Crippen LogP contribution in [0.1, 0.15) is 37.6 Å². The second-order valence-corrected chi connectivity index (χ2v) is 5.95. The van der Waals surface area contributed by atoms with Gasteiger partial charge in [0.2, 0.25) is 0 Å². The molecule has 0 aliphatic carbocycles. The Morgan fingerprint density at radius 1 is 1.33 bits per heavy atom. The number of aromatic amines is 1. The fraction of sp³-hybridized carbons (Fsp3) is 0.471. The largest absolute Gasteiger partial charge is 0.496 e. The van der Waals surface area contributed by atoms with E-state index in [1.807, 2.05) is 18.3 Å². The van der Waals surface area contributed by atoms with Gasteiger partial charge in [-0.3, -0.25) is 0 Å². The fourth-order valence-corrected chi connectivity index (χ4v) is 2.60. The van der Waals surface area contributed by atoms with E-state index >= 15 is 0 Å². The van der Waals surface area contributed by atoms with E-state index in [4.69, 9.17) is 10.5 Å². The van der Waals surface area contributed by atoms with Gasteiger partial charge < -0.3 is 15.5 Å². The number of benzene rings is 1. The predicted octanol–water partition coefficient (Wildman–Crippen LogP) is 3.48. The first-order valence-corrected chi connectivity index (χ1v) is 7.45. The van der Waals surface area contributed by atoms with Gasteiger partial charge in [0.1, 0.15) is 11.6 Å². The number of hydrogen-bond acceptors (Lipinski definition) is 3. The molecule has 0 radical (unpaired) electrons. The standard InChI is InChI=1S/C17H25N3O/c1-11(2)7-13(9-18)17-19-10-15(20-17)14-8-12(3)5-6-16(14)21-4/h5-6,8,10-11,13H,7,9,18H2,1-4H3,(H,19,20). The number of imidazole rings is 1. The van der Waals surface area contributed by atoms with E-state index in [1.54, 1.807) is 7.11 Å². The van der Waals surface area contributed by atoms with Crippen LogP contribution in [0.4, 0.5) is 0 Å². The van der Waals surface area contributed by atoms with E-state index in [1.165, 1.54) is 5.56 Å². The number of methoxy groups -OCH3 is 1. The molecule has 114 valence electrons. The van der Waals surface area contributed by atoms with Crippen molar-refractivity contribution in [3.63, 3.8) is 0 Å². The van der Waals surface area contributed by atoms with Gasteiger partial charge in [-0.1, -0.05) is 25.5 Å². The first kappa shape index (κ1) is 15.6. The fourth-order valence-electron chi connectivity index (χ4n) is 2.60. The van der Waals surface area contributed by atoms with E-state index in [-0.39, 0.29) is 5.92 Å². The van der Waals surface area contributed by atoms with Crippen molar-refractivity contribution in [1.82, 2.24) is 9.97 Å². The summed E-state index contributed by atoms with van der Waals surface area (Å²) in [4.78, 5) is 7.95. The normalized spacial score (nSPS) is 12.7. The van der Waals surface area contributed by atoms with Crippen LogP contribution in [0.5, 0.6) is 5.75 Å². The Balaban J connectivity index is 2.33.